The summed E-state index contributed by atoms with van der Waals surface area (Å²) in [4.78, 5) is 10.7. The maximum atomic E-state index is 12.1. The van der Waals surface area contributed by atoms with Crippen LogP contribution in [0.5, 0.6) is 17.2 Å². The number of hydrogen-bond donors (Lipinski definition) is 1. The molecule has 1 aliphatic rings. The van der Waals surface area contributed by atoms with Gasteiger partial charge in [0.15, 0.2) is 11.5 Å². The molecular formula is C12H11F3INO4. The van der Waals surface area contributed by atoms with Gasteiger partial charge in [0.05, 0.1) is 10.7 Å². The summed E-state index contributed by atoms with van der Waals surface area (Å²) in [5.41, 5.74) is 0.708. The van der Waals surface area contributed by atoms with Crippen LogP contribution < -0.4 is 19.5 Å². The third-order valence-corrected chi connectivity index (χ3v) is 3.96. The second kappa shape index (κ2) is 6.16. The third kappa shape index (κ3) is 3.44. The fourth-order valence-corrected chi connectivity index (χ4v) is 2.71. The number of alkyl halides is 3. The molecule has 1 heterocycles. The number of fused-ring (bicyclic) bond motifs is 1. The van der Waals surface area contributed by atoms with E-state index in [0.717, 1.165) is 0 Å². The van der Waals surface area contributed by atoms with Crippen molar-refractivity contribution in [2.75, 3.05) is 20.4 Å². The fraction of sp³-hybridized carbons (Fsp3) is 0.417. The Morgan fingerprint density at radius 2 is 2.19 bits per heavy atom. The van der Waals surface area contributed by atoms with Gasteiger partial charge < -0.3 is 19.5 Å². The molecule has 0 saturated heterocycles. The number of rotatable bonds is 4. The van der Waals surface area contributed by atoms with Gasteiger partial charge in [0.25, 0.3) is 0 Å². The number of carbonyl (C=O) groups is 1. The van der Waals surface area contributed by atoms with E-state index in [1.54, 1.807) is 6.07 Å². The molecule has 0 saturated carbocycles. The number of hydrogen-bond acceptors (Lipinski definition) is 4. The molecule has 1 aromatic carbocycles. The normalized spacial score (nSPS) is 13.2. The van der Waals surface area contributed by atoms with E-state index in [2.05, 4.69) is 0 Å². The molecular weight excluding hydrogens is 406 g/mol. The van der Waals surface area contributed by atoms with Gasteiger partial charge in [-0.1, -0.05) is 0 Å². The van der Waals surface area contributed by atoms with Gasteiger partial charge in [0.2, 0.25) is 12.5 Å². The molecule has 0 aromatic heterocycles. The molecule has 0 atom stereocenters. The number of methoxy groups -OCH3 is 1. The topological polar surface area (TPSA) is 56.8 Å². The smallest absolute Gasteiger partial charge is 0.471 e. The Labute approximate surface area is 131 Å². The number of carbonyl (C=O) groups excluding carboxylic acids is 1. The highest BCUT2D eigenvalue weighted by molar-refractivity contribution is 14.1. The monoisotopic (exact) mass is 417 g/mol. The predicted molar refractivity (Wildman–Crippen MR) is 74.6 cm³/mol. The van der Waals surface area contributed by atoms with Crippen molar-refractivity contribution < 1.29 is 32.2 Å². The van der Waals surface area contributed by atoms with Gasteiger partial charge in [-0.2, -0.15) is 13.2 Å². The quantitative estimate of drug-likeness (QED) is 0.764. The summed E-state index contributed by atoms with van der Waals surface area (Å²) < 4.78 is 52.7. The van der Waals surface area contributed by atoms with Crippen LogP contribution in [0.3, 0.4) is 0 Å². The van der Waals surface area contributed by atoms with Crippen molar-refractivity contribution in [2.24, 2.45) is 0 Å². The van der Waals surface area contributed by atoms with E-state index >= 15 is 0 Å². The molecule has 0 radical (unpaired) electrons. The standard InChI is InChI=1S/C12H11F3INO4/c1-19-10-8(16)6(4-7-9(10)21-5-20-7)2-3-17-11(18)12(13,14)15/h4H,2-3,5H2,1H3,(H,17,18). The second-order valence-electron chi connectivity index (χ2n) is 4.12. The van der Waals surface area contributed by atoms with Gasteiger partial charge >= 0.3 is 12.1 Å². The zero-order valence-electron chi connectivity index (χ0n) is 10.8. The Bertz CT molecular complexity index is 562. The number of amides is 1. The summed E-state index contributed by atoms with van der Waals surface area (Å²) in [5, 5.41) is 1.82. The van der Waals surface area contributed by atoms with Crippen molar-refractivity contribution in [3.05, 3.63) is 15.2 Å². The zero-order chi connectivity index (χ0) is 15.6. The van der Waals surface area contributed by atoms with Crippen LogP contribution in [-0.4, -0.2) is 32.5 Å². The minimum atomic E-state index is -4.88. The van der Waals surface area contributed by atoms with Gasteiger partial charge in [-0.25, -0.2) is 0 Å². The van der Waals surface area contributed by atoms with E-state index in [1.807, 2.05) is 27.9 Å². The maximum Gasteiger partial charge on any atom is 0.471 e. The summed E-state index contributed by atoms with van der Waals surface area (Å²) in [5.74, 6) is -0.526. The van der Waals surface area contributed by atoms with E-state index in [9.17, 15) is 18.0 Å². The molecule has 2 rings (SSSR count). The number of halogens is 4. The summed E-state index contributed by atoms with van der Waals surface area (Å²) in [6, 6.07) is 1.67. The van der Waals surface area contributed by atoms with Crippen molar-refractivity contribution in [3.63, 3.8) is 0 Å². The lowest BCUT2D eigenvalue weighted by atomic mass is 10.1. The molecule has 0 spiro atoms. The first-order chi connectivity index (χ1) is 9.84. The van der Waals surface area contributed by atoms with Gasteiger partial charge in [0.1, 0.15) is 0 Å². The van der Waals surface area contributed by atoms with Crippen LogP contribution in [0.15, 0.2) is 6.07 Å². The molecule has 1 amide bonds. The van der Waals surface area contributed by atoms with E-state index in [1.165, 1.54) is 7.11 Å². The minimum Gasteiger partial charge on any atom is -0.492 e. The van der Waals surface area contributed by atoms with Crippen LogP contribution in [0.1, 0.15) is 5.56 Å². The van der Waals surface area contributed by atoms with Crippen LogP contribution in [0.25, 0.3) is 0 Å². The SMILES string of the molecule is COc1c(I)c(CCNC(=O)C(F)(F)F)cc2c1OCO2. The summed E-state index contributed by atoms with van der Waals surface area (Å²) >= 11 is 2.01. The molecule has 0 fully saturated rings. The van der Waals surface area contributed by atoms with Crippen molar-refractivity contribution in [2.45, 2.75) is 12.6 Å². The fourth-order valence-electron chi connectivity index (χ4n) is 1.82. The summed E-state index contributed by atoms with van der Waals surface area (Å²) in [6.45, 7) is -0.0762. The Kier molecular flexibility index (Phi) is 4.69. The highest BCUT2D eigenvalue weighted by Gasteiger charge is 2.38. The van der Waals surface area contributed by atoms with Gasteiger partial charge in [-0.05, 0) is 40.6 Å². The first-order valence-corrected chi connectivity index (χ1v) is 6.92. The van der Waals surface area contributed by atoms with Crippen LogP contribution in [0, 0.1) is 3.57 Å². The molecule has 0 bridgehead atoms. The van der Waals surface area contributed by atoms with Crippen LogP contribution >= 0.6 is 22.6 Å². The third-order valence-electron chi connectivity index (χ3n) is 2.78. The number of benzene rings is 1. The molecule has 1 aromatic rings. The summed E-state index contributed by atoms with van der Waals surface area (Å²) in [6.07, 6.45) is -4.66. The number of ether oxygens (including phenoxy) is 3. The lowest BCUT2D eigenvalue weighted by Gasteiger charge is -2.13. The highest BCUT2D eigenvalue weighted by Crippen LogP contribution is 2.45. The largest absolute Gasteiger partial charge is 0.492 e. The lowest BCUT2D eigenvalue weighted by Crippen LogP contribution is -2.37. The van der Waals surface area contributed by atoms with Gasteiger partial charge in [-0.3, -0.25) is 4.79 Å². The van der Waals surface area contributed by atoms with E-state index in [0.29, 0.717) is 26.4 Å². The molecule has 21 heavy (non-hydrogen) atoms. The van der Waals surface area contributed by atoms with Crippen molar-refractivity contribution in [3.8, 4) is 17.2 Å². The first-order valence-electron chi connectivity index (χ1n) is 5.84. The molecule has 9 heteroatoms. The molecule has 5 nitrogen and oxygen atoms in total. The first kappa shape index (κ1) is 16.0. The van der Waals surface area contributed by atoms with E-state index in [4.69, 9.17) is 14.2 Å². The van der Waals surface area contributed by atoms with Gasteiger partial charge in [-0.15, -0.1) is 0 Å². The molecule has 116 valence electrons. The molecule has 1 aliphatic heterocycles. The molecule has 0 unspecified atom stereocenters. The Balaban J connectivity index is 2.09. The Hall–Kier alpha value is -1.39. The minimum absolute atomic E-state index is 0.0655. The van der Waals surface area contributed by atoms with Crippen LogP contribution in [-0.2, 0) is 11.2 Å². The molecule has 0 aliphatic carbocycles. The predicted octanol–water partition coefficient (Wildman–Crippen LogP) is 2.25. The number of nitrogens with one attached hydrogen (secondary N) is 1. The highest BCUT2D eigenvalue weighted by atomic mass is 127. The van der Waals surface area contributed by atoms with Crippen molar-refractivity contribution in [1.29, 1.82) is 0 Å². The average Bonchev–Trinajstić information content (AvgIpc) is 2.86. The Morgan fingerprint density at radius 3 is 2.81 bits per heavy atom. The van der Waals surface area contributed by atoms with Crippen LogP contribution in [0.4, 0.5) is 13.2 Å². The second-order valence-corrected chi connectivity index (χ2v) is 5.20. The maximum absolute atomic E-state index is 12.1. The average molecular weight is 417 g/mol. The van der Waals surface area contributed by atoms with Crippen molar-refractivity contribution in [1.82, 2.24) is 5.32 Å². The van der Waals surface area contributed by atoms with E-state index in [-0.39, 0.29) is 19.8 Å². The summed E-state index contributed by atoms with van der Waals surface area (Å²) in [7, 11) is 1.47. The molecule has 1 N–H and O–H groups in total. The van der Waals surface area contributed by atoms with Crippen molar-refractivity contribution >= 4 is 28.5 Å². The Morgan fingerprint density at radius 1 is 1.48 bits per heavy atom. The lowest BCUT2D eigenvalue weighted by molar-refractivity contribution is -0.173. The van der Waals surface area contributed by atoms with Crippen LogP contribution in [0.2, 0.25) is 0 Å². The van der Waals surface area contributed by atoms with Gasteiger partial charge in [0, 0.05) is 6.54 Å². The zero-order valence-corrected chi connectivity index (χ0v) is 13.0. The van der Waals surface area contributed by atoms with E-state index < -0.39 is 12.1 Å².